The number of halogens is 1. The van der Waals surface area contributed by atoms with Gasteiger partial charge >= 0.3 is 0 Å². The summed E-state index contributed by atoms with van der Waals surface area (Å²) in [5, 5.41) is 3.19. The van der Waals surface area contributed by atoms with Crippen molar-refractivity contribution in [3.8, 4) is 0 Å². The molecule has 6 nitrogen and oxygen atoms in total. The minimum absolute atomic E-state index is 0.263. The fourth-order valence-electron chi connectivity index (χ4n) is 2.60. The summed E-state index contributed by atoms with van der Waals surface area (Å²) in [6.07, 6.45) is 0. The molecule has 0 aliphatic rings. The second-order valence-electron chi connectivity index (χ2n) is 6.28. The van der Waals surface area contributed by atoms with Crippen molar-refractivity contribution in [3.63, 3.8) is 0 Å². The van der Waals surface area contributed by atoms with E-state index >= 15 is 0 Å². The third-order valence-corrected chi connectivity index (χ3v) is 5.99. The number of aliphatic imine (C=N–C) groups is 1. The fraction of sp³-hybridized carbons (Fsp3) is 0.316. The number of guanidine groups is 1. The van der Waals surface area contributed by atoms with Gasteiger partial charge in [0.15, 0.2) is 5.96 Å². The molecule has 2 aromatic carbocycles. The molecule has 0 fully saturated rings. The zero-order valence-corrected chi connectivity index (χ0v) is 16.8. The Labute approximate surface area is 160 Å². The van der Waals surface area contributed by atoms with Gasteiger partial charge in [0.1, 0.15) is 5.82 Å². The van der Waals surface area contributed by atoms with E-state index in [1.165, 1.54) is 30.5 Å². The van der Waals surface area contributed by atoms with Crippen molar-refractivity contribution in [1.29, 1.82) is 0 Å². The van der Waals surface area contributed by atoms with Gasteiger partial charge in [0.05, 0.1) is 4.90 Å². The predicted molar refractivity (Wildman–Crippen MR) is 105 cm³/mol. The Morgan fingerprint density at radius 2 is 1.70 bits per heavy atom. The first-order chi connectivity index (χ1) is 12.8. The van der Waals surface area contributed by atoms with Crippen LogP contribution in [0.3, 0.4) is 0 Å². The SMILES string of the molecule is CN=C(NCc1ccccc1S(=O)(=O)N(C)C)N(C)Cc1ccc(F)cc1. The molecule has 1 N–H and O–H groups in total. The van der Waals surface area contributed by atoms with Crippen molar-refractivity contribution >= 4 is 16.0 Å². The molecule has 0 spiro atoms. The van der Waals surface area contributed by atoms with Gasteiger partial charge in [-0.3, -0.25) is 4.99 Å². The van der Waals surface area contributed by atoms with Gasteiger partial charge in [-0.2, -0.15) is 0 Å². The maximum absolute atomic E-state index is 13.0. The van der Waals surface area contributed by atoms with Crippen LogP contribution in [0.2, 0.25) is 0 Å². The van der Waals surface area contributed by atoms with Gasteiger partial charge < -0.3 is 10.2 Å². The molecule has 0 unspecified atom stereocenters. The quantitative estimate of drug-likeness (QED) is 0.605. The Bertz CT molecular complexity index is 896. The Hall–Kier alpha value is -2.45. The lowest BCUT2D eigenvalue weighted by atomic mass is 10.2. The highest BCUT2D eigenvalue weighted by Crippen LogP contribution is 2.18. The van der Waals surface area contributed by atoms with Crippen LogP contribution in [-0.4, -0.2) is 51.8 Å². The highest BCUT2D eigenvalue weighted by Gasteiger charge is 2.20. The number of nitrogens with one attached hydrogen (secondary N) is 1. The molecule has 8 heteroatoms. The van der Waals surface area contributed by atoms with E-state index < -0.39 is 10.0 Å². The molecule has 2 aromatic rings. The zero-order valence-electron chi connectivity index (χ0n) is 16.0. The maximum atomic E-state index is 13.0. The minimum atomic E-state index is -3.53. The normalized spacial score (nSPS) is 12.3. The number of hydrogen-bond acceptors (Lipinski definition) is 3. The highest BCUT2D eigenvalue weighted by atomic mass is 32.2. The summed E-state index contributed by atoms with van der Waals surface area (Å²) in [7, 11) is 3.01. The highest BCUT2D eigenvalue weighted by molar-refractivity contribution is 7.89. The van der Waals surface area contributed by atoms with Gasteiger partial charge in [0.2, 0.25) is 10.0 Å². The summed E-state index contributed by atoms with van der Waals surface area (Å²) in [5.41, 5.74) is 1.60. The second-order valence-corrected chi connectivity index (χ2v) is 8.40. The van der Waals surface area contributed by atoms with E-state index in [1.54, 1.807) is 43.4 Å². The van der Waals surface area contributed by atoms with Gasteiger partial charge in [0.25, 0.3) is 0 Å². The molecule has 2 rings (SSSR count). The molecule has 0 radical (unpaired) electrons. The Balaban J connectivity index is 2.12. The van der Waals surface area contributed by atoms with Crippen LogP contribution in [0.15, 0.2) is 58.4 Å². The molecular formula is C19H25FN4O2S. The lowest BCUT2D eigenvalue weighted by Gasteiger charge is -2.23. The lowest BCUT2D eigenvalue weighted by Crippen LogP contribution is -2.38. The average Bonchev–Trinajstić information content (AvgIpc) is 2.64. The number of sulfonamides is 1. The molecule has 0 saturated carbocycles. The summed E-state index contributed by atoms with van der Waals surface area (Å²) >= 11 is 0. The molecule has 0 aliphatic carbocycles. The van der Waals surface area contributed by atoms with E-state index in [9.17, 15) is 12.8 Å². The van der Waals surface area contributed by atoms with Crippen LogP contribution in [0.5, 0.6) is 0 Å². The number of hydrogen-bond donors (Lipinski definition) is 1. The van der Waals surface area contributed by atoms with E-state index in [1.807, 2.05) is 11.9 Å². The monoisotopic (exact) mass is 392 g/mol. The largest absolute Gasteiger partial charge is 0.352 e. The third kappa shape index (κ3) is 5.27. The summed E-state index contributed by atoms with van der Waals surface area (Å²) in [4.78, 5) is 6.39. The molecule has 146 valence electrons. The summed E-state index contributed by atoms with van der Waals surface area (Å²) in [5.74, 6) is 0.332. The second kappa shape index (κ2) is 8.96. The first-order valence-electron chi connectivity index (χ1n) is 8.42. The first kappa shape index (κ1) is 20.9. The van der Waals surface area contributed by atoms with E-state index in [0.717, 1.165) is 5.56 Å². The predicted octanol–water partition coefficient (Wildman–Crippen LogP) is 2.28. The molecule has 0 atom stereocenters. The molecule has 0 aromatic heterocycles. The maximum Gasteiger partial charge on any atom is 0.242 e. The van der Waals surface area contributed by atoms with Crippen LogP contribution in [0.25, 0.3) is 0 Å². The van der Waals surface area contributed by atoms with E-state index in [4.69, 9.17) is 0 Å². The van der Waals surface area contributed by atoms with Crippen LogP contribution in [0, 0.1) is 5.82 Å². The zero-order chi connectivity index (χ0) is 20.0. The molecule has 0 bridgehead atoms. The van der Waals surface area contributed by atoms with Crippen molar-refractivity contribution in [1.82, 2.24) is 14.5 Å². The van der Waals surface area contributed by atoms with Crippen LogP contribution >= 0.6 is 0 Å². The minimum Gasteiger partial charge on any atom is -0.352 e. The number of rotatable bonds is 6. The van der Waals surface area contributed by atoms with Crippen LogP contribution < -0.4 is 5.32 Å². The van der Waals surface area contributed by atoms with Crippen LogP contribution in [0.4, 0.5) is 4.39 Å². The van der Waals surface area contributed by atoms with E-state index in [0.29, 0.717) is 24.6 Å². The van der Waals surface area contributed by atoms with Crippen molar-refractivity contribution < 1.29 is 12.8 Å². The summed E-state index contributed by atoms with van der Waals surface area (Å²) in [6, 6.07) is 13.2. The van der Waals surface area contributed by atoms with Crippen molar-refractivity contribution in [2.24, 2.45) is 4.99 Å². The molecule has 0 amide bonds. The standard InChI is InChI=1S/C19H25FN4O2S/c1-21-19(24(4)14-15-9-11-17(20)12-10-15)22-13-16-7-5-6-8-18(16)27(25,26)23(2)3/h5-12H,13-14H2,1-4H3,(H,21,22). The molecule has 0 aliphatic heterocycles. The van der Waals surface area contributed by atoms with Crippen molar-refractivity contribution in [2.75, 3.05) is 28.2 Å². The van der Waals surface area contributed by atoms with E-state index in [2.05, 4.69) is 10.3 Å². The van der Waals surface area contributed by atoms with Gasteiger partial charge in [-0.25, -0.2) is 17.1 Å². The average molecular weight is 393 g/mol. The molecule has 0 saturated heterocycles. The smallest absolute Gasteiger partial charge is 0.242 e. The van der Waals surface area contributed by atoms with Gasteiger partial charge in [-0.15, -0.1) is 0 Å². The molecular weight excluding hydrogens is 367 g/mol. The van der Waals surface area contributed by atoms with Gasteiger partial charge in [0, 0.05) is 41.3 Å². The Kier molecular flexibility index (Phi) is 6.92. The molecule has 27 heavy (non-hydrogen) atoms. The van der Waals surface area contributed by atoms with Crippen molar-refractivity contribution in [3.05, 3.63) is 65.5 Å². The first-order valence-corrected chi connectivity index (χ1v) is 9.86. The topological polar surface area (TPSA) is 65.0 Å². The van der Waals surface area contributed by atoms with Crippen LogP contribution in [0.1, 0.15) is 11.1 Å². The van der Waals surface area contributed by atoms with E-state index in [-0.39, 0.29) is 10.7 Å². The summed E-state index contributed by atoms with van der Waals surface area (Å²) < 4.78 is 39.2. The van der Waals surface area contributed by atoms with Crippen LogP contribution in [-0.2, 0) is 23.1 Å². The molecule has 0 heterocycles. The third-order valence-electron chi connectivity index (χ3n) is 4.07. The number of nitrogens with zero attached hydrogens (tertiary/aromatic N) is 3. The van der Waals surface area contributed by atoms with Gasteiger partial charge in [-0.1, -0.05) is 30.3 Å². The number of benzene rings is 2. The summed E-state index contributed by atoms with van der Waals surface area (Å²) in [6.45, 7) is 0.848. The Morgan fingerprint density at radius 3 is 2.30 bits per heavy atom. The fourth-order valence-corrected chi connectivity index (χ4v) is 3.71. The van der Waals surface area contributed by atoms with Crippen molar-refractivity contribution in [2.45, 2.75) is 18.0 Å². The lowest BCUT2D eigenvalue weighted by molar-refractivity contribution is 0.475. The van der Waals surface area contributed by atoms with Gasteiger partial charge in [-0.05, 0) is 29.3 Å². The Morgan fingerprint density at radius 1 is 1.07 bits per heavy atom.